The van der Waals surface area contributed by atoms with Crippen molar-refractivity contribution in [2.75, 3.05) is 6.61 Å². The molecule has 5 rings (SSSR count). The third-order valence-corrected chi connectivity index (χ3v) is 6.84. The number of hydrogen-bond acceptors (Lipinski definition) is 7. The molecule has 10 nitrogen and oxygen atoms in total. The number of imide groups is 2. The lowest BCUT2D eigenvalue weighted by Crippen LogP contribution is -2.63. The molecule has 1 aliphatic heterocycles. The van der Waals surface area contributed by atoms with Gasteiger partial charge in [-0.05, 0) is 73.5 Å². The molecule has 3 heterocycles. The second kappa shape index (κ2) is 10.9. The van der Waals surface area contributed by atoms with E-state index in [0.29, 0.717) is 23.5 Å². The molecule has 0 aliphatic carbocycles. The number of nitrogens with zero attached hydrogens (tertiary/aromatic N) is 2. The van der Waals surface area contributed by atoms with E-state index >= 15 is 0 Å². The van der Waals surface area contributed by atoms with Crippen LogP contribution in [0.3, 0.4) is 0 Å². The van der Waals surface area contributed by atoms with Gasteiger partial charge in [-0.2, -0.15) is 0 Å². The van der Waals surface area contributed by atoms with Crippen molar-refractivity contribution in [3.8, 4) is 5.75 Å². The van der Waals surface area contributed by atoms with Crippen LogP contribution in [0.1, 0.15) is 39.8 Å². The number of benzene rings is 2. The second-order valence-electron chi connectivity index (χ2n) is 9.66. The van der Waals surface area contributed by atoms with Crippen molar-refractivity contribution in [3.63, 3.8) is 0 Å². The first-order valence-corrected chi connectivity index (χ1v) is 12.7. The predicted octanol–water partition coefficient (Wildman–Crippen LogP) is 3.11. The molecule has 0 radical (unpaired) electrons. The molecule has 1 fully saturated rings. The molecular weight excluding hydrogens is 510 g/mol. The van der Waals surface area contributed by atoms with Crippen LogP contribution in [0.25, 0.3) is 10.9 Å². The Hall–Kier alpha value is -5.12. The van der Waals surface area contributed by atoms with E-state index in [2.05, 4.69) is 38.1 Å². The summed E-state index contributed by atoms with van der Waals surface area (Å²) in [7, 11) is 0. The molecule has 1 aliphatic rings. The van der Waals surface area contributed by atoms with Gasteiger partial charge in [0.1, 0.15) is 5.75 Å². The van der Waals surface area contributed by atoms with Crippen LogP contribution in [0.5, 0.6) is 5.75 Å². The highest BCUT2D eigenvalue weighted by Crippen LogP contribution is 2.25. The highest BCUT2D eigenvalue weighted by molar-refractivity contribution is 6.22. The number of nitrogens with one attached hydrogen (secondary N) is 3. The maximum absolute atomic E-state index is 12.7. The average Bonchev–Trinajstić information content (AvgIpc) is 2.95. The quantitative estimate of drug-likeness (QED) is 0.294. The molecule has 0 atom stereocenters. The molecule has 10 heteroatoms. The molecule has 2 aromatic heterocycles. The zero-order chi connectivity index (χ0) is 28.3. The Morgan fingerprint density at radius 2 is 1.70 bits per heavy atom. The number of pyridine rings is 2. The summed E-state index contributed by atoms with van der Waals surface area (Å²) in [5.41, 5.74) is 2.68. The Bertz CT molecular complexity index is 1610. The van der Waals surface area contributed by atoms with Crippen LogP contribution in [-0.4, -0.2) is 40.3 Å². The van der Waals surface area contributed by atoms with Crippen LogP contribution in [-0.2, 0) is 28.0 Å². The normalized spacial score (nSPS) is 14.4. The minimum Gasteiger partial charge on any atom is -0.493 e. The van der Waals surface area contributed by atoms with Gasteiger partial charge in [0, 0.05) is 35.8 Å². The van der Waals surface area contributed by atoms with Crippen molar-refractivity contribution >= 4 is 34.7 Å². The first-order valence-electron chi connectivity index (χ1n) is 12.7. The van der Waals surface area contributed by atoms with Crippen LogP contribution in [0, 0.1) is 6.92 Å². The van der Waals surface area contributed by atoms with Gasteiger partial charge in [-0.15, -0.1) is 0 Å². The van der Waals surface area contributed by atoms with E-state index in [1.54, 1.807) is 36.4 Å². The number of carbonyl (C=O) groups excluding carboxylic acids is 4. The monoisotopic (exact) mass is 537 g/mol. The van der Waals surface area contributed by atoms with Gasteiger partial charge in [-0.25, -0.2) is 4.79 Å². The molecule has 5 amide bonds. The minimum atomic E-state index is -1.67. The Labute approximate surface area is 230 Å². The summed E-state index contributed by atoms with van der Waals surface area (Å²) >= 11 is 0. The lowest BCUT2D eigenvalue weighted by Gasteiger charge is -2.30. The molecule has 1 saturated heterocycles. The van der Waals surface area contributed by atoms with Gasteiger partial charge in [-0.1, -0.05) is 18.2 Å². The van der Waals surface area contributed by atoms with E-state index < -0.39 is 23.3 Å². The fourth-order valence-corrected chi connectivity index (χ4v) is 4.55. The van der Waals surface area contributed by atoms with Crippen LogP contribution in [0.15, 0.2) is 72.9 Å². The Morgan fingerprint density at radius 3 is 2.45 bits per heavy atom. The van der Waals surface area contributed by atoms with E-state index in [1.807, 2.05) is 25.1 Å². The molecule has 0 unspecified atom stereocenters. The van der Waals surface area contributed by atoms with Gasteiger partial charge >= 0.3 is 6.03 Å². The van der Waals surface area contributed by atoms with E-state index in [4.69, 9.17) is 4.74 Å². The number of aryl methyl sites for hydroxylation is 1. The topological polar surface area (TPSA) is 139 Å². The summed E-state index contributed by atoms with van der Waals surface area (Å²) in [5.74, 6) is -1.17. The first-order chi connectivity index (χ1) is 19.2. The lowest BCUT2D eigenvalue weighted by molar-refractivity contribution is -0.137. The van der Waals surface area contributed by atoms with E-state index in [1.165, 1.54) is 18.7 Å². The number of aromatic nitrogens is 2. The lowest BCUT2D eigenvalue weighted by atomic mass is 9.82. The fourth-order valence-electron chi connectivity index (χ4n) is 4.55. The number of hydrogen-bond donors (Lipinski definition) is 3. The Balaban J connectivity index is 1.17. The van der Waals surface area contributed by atoms with Gasteiger partial charge in [0.2, 0.25) is 11.8 Å². The van der Waals surface area contributed by atoms with E-state index in [-0.39, 0.29) is 18.1 Å². The largest absolute Gasteiger partial charge is 0.493 e. The zero-order valence-corrected chi connectivity index (χ0v) is 22.0. The summed E-state index contributed by atoms with van der Waals surface area (Å²) in [5, 5.41) is 8.12. The molecule has 0 spiro atoms. The number of amides is 5. The number of para-hydroxylation sites is 1. The van der Waals surface area contributed by atoms with Gasteiger partial charge in [0.25, 0.3) is 5.91 Å². The molecule has 3 N–H and O–H groups in total. The van der Waals surface area contributed by atoms with Crippen molar-refractivity contribution in [1.29, 1.82) is 0 Å². The Morgan fingerprint density at radius 1 is 0.975 bits per heavy atom. The van der Waals surface area contributed by atoms with Crippen molar-refractivity contribution in [2.45, 2.75) is 32.2 Å². The van der Waals surface area contributed by atoms with Crippen molar-refractivity contribution < 1.29 is 23.9 Å². The molecular formula is C30H27N5O5. The van der Waals surface area contributed by atoms with Gasteiger partial charge < -0.3 is 10.1 Å². The van der Waals surface area contributed by atoms with Crippen molar-refractivity contribution in [1.82, 2.24) is 25.9 Å². The highest BCUT2D eigenvalue weighted by Gasteiger charge is 2.49. The molecule has 40 heavy (non-hydrogen) atoms. The van der Waals surface area contributed by atoms with E-state index in [0.717, 1.165) is 23.0 Å². The molecule has 4 aromatic rings. The standard InChI is InChI=1S/C30H27N5O5/c1-18-15-21(23-5-3-4-6-24(23)33-18)12-14-40-22-9-7-20(8-10-22)26(36)32-17-19-11-13-31-25(16-19)30(2)27(37)34-29(39)35-28(30)38/h3-11,13,15-16H,12,14,17H2,1-2H3,(H,32,36)(H2,34,35,37,38,39). The van der Waals surface area contributed by atoms with E-state index in [9.17, 15) is 19.2 Å². The summed E-state index contributed by atoms with van der Waals surface area (Å²) in [6.07, 6.45) is 2.17. The highest BCUT2D eigenvalue weighted by atomic mass is 16.5. The van der Waals surface area contributed by atoms with Crippen LogP contribution >= 0.6 is 0 Å². The number of barbiturate groups is 1. The number of fused-ring (bicyclic) bond motifs is 1. The van der Waals surface area contributed by atoms with Gasteiger partial charge in [-0.3, -0.25) is 35.0 Å². The summed E-state index contributed by atoms with van der Waals surface area (Å²) in [4.78, 5) is 57.7. The van der Waals surface area contributed by atoms with Crippen LogP contribution in [0.2, 0.25) is 0 Å². The predicted molar refractivity (Wildman–Crippen MR) is 147 cm³/mol. The number of urea groups is 1. The SMILES string of the molecule is Cc1cc(CCOc2ccc(C(=O)NCc3ccnc(C4(C)C(=O)NC(=O)NC4=O)c3)cc2)c2ccccc2n1. The minimum absolute atomic E-state index is 0.143. The van der Waals surface area contributed by atoms with Gasteiger partial charge in [0.05, 0.1) is 17.8 Å². The molecule has 0 bridgehead atoms. The molecule has 0 saturated carbocycles. The number of carbonyl (C=O) groups is 4. The maximum Gasteiger partial charge on any atom is 0.328 e. The van der Waals surface area contributed by atoms with Crippen LogP contribution < -0.4 is 20.7 Å². The van der Waals surface area contributed by atoms with Gasteiger partial charge in [0.15, 0.2) is 5.41 Å². The number of rotatable bonds is 8. The third-order valence-electron chi connectivity index (χ3n) is 6.84. The smallest absolute Gasteiger partial charge is 0.328 e. The van der Waals surface area contributed by atoms with Crippen molar-refractivity contribution in [2.24, 2.45) is 0 Å². The first kappa shape index (κ1) is 26.5. The summed E-state index contributed by atoms with van der Waals surface area (Å²) in [6.45, 7) is 3.99. The summed E-state index contributed by atoms with van der Waals surface area (Å²) < 4.78 is 5.92. The average molecular weight is 538 g/mol. The third kappa shape index (κ3) is 5.37. The molecule has 2 aromatic carbocycles. The second-order valence-corrected chi connectivity index (χ2v) is 9.66. The Kier molecular flexibility index (Phi) is 7.24. The number of ether oxygens (including phenoxy) is 1. The van der Waals surface area contributed by atoms with Crippen molar-refractivity contribution in [3.05, 3.63) is 101 Å². The maximum atomic E-state index is 12.7. The fraction of sp³-hybridized carbons (Fsp3) is 0.200. The van der Waals surface area contributed by atoms with Crippen LogP contribution in [0.4, 0.5) is 4.79 Å². The summed E-state index contributed by atoms with van der Waals surface area (Å²) in [6, 6.07) is 19.3. The molecule has 202 valence electrons. The zero-order valence-electron chi connectivity index (χ0n) is 22.0.